The normalized spacial score (nSPS) is 19.6. The number of carbonyl (C=O) groups is 1. The maximum absolute atomic E-state index is 13.6. The molecule has 0 bridgehead atoms. The summed E-state index contributed by atoms with van der Waals surface area (Å²) < 4.78 is 41.9. The fraction of sp³-hybridized carbons (Fsp3) is 0.435. The highest BCUT2D eigenvalue weighted by molar-refractivity contribution is 5.97. The molecule has 2 aliphatic rings. The van der Waals surface area contributed by atoms with Crippen LogP contribution in [0, 0.1) is 23.7 Å². The molecule has 0 radical (unpaired) electrons. The number of hydrogen-bond acceptors (Lipinski definition) is 7. The topological polar surface area (TPSA) is 101 Å². The van der Waals surface area contributed by atoms with Crippen LogP contribution in [0.25, 0.3) is 10.9 Å². The predicted molar refractivity (Wildman–Crippen MR) is 122 cm³/mol. The highest BCUT2D eigenvalue weighted by Crippen LogP contribution is 2.38. The zero-order chi connectivity index (χ0) is 24.9. The minimum atomic E-state index is -4.57. The second-order valence-corrected chi connectivity index (χ2v) is 8.94. The quantitative estimate of drug-likeness (QED) is 0.552. The van der Waals surface area contributed by atoms with E-state index in [0.717, 1.165) is 6.42 Å². The molecule has 0 spiro atoms. The molecule has 0 unspecified atom stereocenters. The number of nitrogens with one attached hydrogen (secondary N) is 2. The van der Waals surface area contributed by atoms with Crippen molar-refractivity contribution in [2.24, 2.45) is 11.8 Å². The number of rotatable bonds is 3. The van der Waals surface area contributed by atoms with Gasteiger partial charge < -0.3 is 15.2 Å². The number of nitrogens with zero attached hydrogens (tertiary/aromatic N) is 6. The van der Waals surface area contributed by atoms with Crippen LogP contribution in [0.2, 0.25) is 0 Å². The van der Waals surface area contributed by atoms with Gasteiger partial charge in [-0.1, -0.05) is 12.8 Å². The summed E-state index contributed by atoms with van der Waals surface area (Å²) in [7, 11) is 3.53. The van der Waals surface area contributed by atoms with Gasteiger partial charge in [0.05, 0.1) is 11.3 Å². The lowest BCUT2D eigenvalue weighted by molar-refractivity contribution is -0.147. The Morgan fingerprint density at radius 1 is 1.23 bits per heavy atom. The second kappa shape index (κ2) is 8.49. The fourth-order valence-electron chi connectivity index (χ4n) is 4.22. The molecule has 1 aliphatic carbocycles. The average molecular weight is 484 g/mol. The Morgan fingerprint density at radius 2 is 2.00 bits per heavy atom. The SMILES string of the molecule is CNc1ncc(C#Cc2nc(C(F)(F)F)n3c2CN(C)CC3)c2cc(NC(=O)[C@H]3C[C@H]3C)nnc12. The largest absolute Gasteiger partial charge is 0.449 e. The molecule has 5 rings (SSSR count). The van der Waals surface area contributed by atoms with Crippen LogP contribution < -0.4 is 10.6 Å². The number of halogens is 3. The molecule has 3 aromatic rings. The monoisotopic (exact) mass is 484 g/mol. The standard InChI is InChI=1S/C23H23F3N8O/c1-12-8-14(12)21(35)30-18-9-15-13(10-28-20(27-2)19(15)32-31-18)4-5-16-17-11-33(3)6-7-34(17)22(29-16)23(24,25)26/h9-10,12,14H,6-8,11H2,1-3H3,(H,27,28)(H,30,31,35)/t12-,14+/m1/s1. The van der Waals surface area contributed by atoms with E-state index in [1.807, 2.05) is 18.9 Å². The molecule has 2 atom stereocenters. The van der Waals surface area contributed by atoms with E-state index >= 15 is 0 Å². The highest BCUT2D eigenvalue weighted by atomic mass is 19.4. The minimum absolute atomic E-state index is 0.0369. The van der Waals surface area contributed by atoms with Gasteiger partial charge >= 0.3 is 6.18 Å². The van der Waals surface area contributed by atoms with E-state index in [4.69, 9.17) is 0 Å². The molecule has 9 nitrogen and oxygen atoms in total. The second-order valence-electron chi connectivity index (χ2n) is 8.94. The van der Waals surface area contributed by atoms with Gasteiger partial charge in [0.25, 0.3) is 0 Å². The van der Waals surface area contributed by atoms with E-state index in [2.05, 4.69) is 42.6 Å². The predicted octanol–water partition coefficient (Wildman–Crippen LogP) is 2.72. The van der Waals surface area contributed by atoms with E-state index in [-0.39, 0.29) is 29.9 Å². The highest BCUT2D eigenvalue weighted by Gasteiger charge is 2.40. The molecular formula is C23H23F3N8O. The third-order valence-corrected chi connectivity index (χ3v) is 6.33. The molecule has 12 heteroatoms. The number of pyridine rings is 1. The van der Waals surface area contributed by atoms with Crippen LogP contribution in [0.3, 0.4) is 0 Å². The summed E-state index contributed by atoms with van der Waals surface area (Å²) in [5.41, 5.74) is 1.37. The zero-order valence-electron chi connectivity index (χ0n) is 19.4. The molecule has 1 amide bonds. The summed E-state index contributed by atoms with van der Waals surface area (Å²) in [5.74, 6) is 5.73. The van der Waals surface area contributed by atoms with Crippen molar-refractivity contribution in [2.75, 3.05) is 31.3 Å². The summed E-state index contributed by atoms with van der Waals surface area (Å²) in [6.07, 6.45) is -2.23. The van der Waals surface area contributed by atoms with Crippen molar-refractivity contribution < 1.29 is 18.0 Å². The van der Waals surface area contributed by atoms with Crippen LogP contribution in [-0.2, 0) is 24.1 Å². The van der Waals surface area contributed by atoms with E-state index < -0.39 is 12.0 Å². The summed E-state index contributed by atoms with van der Waals surface area (Å²) in [6.45, 7) is 3.00. The van der Waals surface area contributed by atoms with Gasteiger partial charge in [0, 0.05) is 44.2 Å². The smallest absolute Gasteiger partial charge is 0.371 e. The third-order valence-electron chi connectivity index (χ3n) is 6.33. The third kappa shape index (κ3) is 4.39. The van der Waals surface area contributed by atoms with Crippen molar-refractivity contribution in [3.63, 3.8) is 0 Å². The summed E-state index contributed by atoms with van der Waals surface area (Å²) in [4.78, 5) is 22.4. The number of carbonyl (C=O) groups excluding carboxylic acids is 1. The molecule has 1 saturated carbocycles. The van der Waals surface area contributed by atoms with Crippen LogP contribution >= 0.6 is 0 Å². The number of aromatic nitrogens is 5. The van der Waals surface area contributed by atoms with Crippen molar-refractivity contribution >= 4 is 28.4 Å². The molecular weight excluding hydrogens is 461 g/mol. The number of hydrogen-bond donors (Lipinski definition) is 2. The maximum Gasteiger partial charge on any atom is 0.449 e. The van der Waals surface area contributed by atoms with Crippen molar-refractivity contribution in [3.05, 3.63) is 35.0 Å². The number of imidazole rings is 1. The van der Waals surface area contributed by atoms with Crippen LogP contribution in [0.1, 0.15) is 36.1 Å². The van der Waals surface area contributed by atoms with Gasteiger partial charge in [-0.2, -0.15) is 13.2 Å². The first-order chi connectivity index (χ1) is 16.7. The minimum Gasteiger partial charge on any atom is -0.371 e. The molecule has 182 valence electrons. The van der Waals surface area contributed by atoms with Crippen LogP contribution in [0.4, 0.5) is 24.8 Å². The molecule has 2 N–H and O–H groups in total. The Hall–Kier alpha value is -3.72. The Labute approximate surface area is 199 Å². The maximum atomic E-state index is 13.6. The van der Waals surface area contributed by atoms with Gasteiger partial charge in [-0.05, 0) is 31.4 Å². The average Bonchev–Trinajstić information content (AvgIpc) is 3.44. The lowest BCUT2D eigenvalue weighted by Gasteiger charge is -2.25. The van der Waals surface area contributed by atoms with Gasteiger partial charge in [0.1, 0.15) is 11.2 Å². The van der Waals surface area contributed by atoms with Crippen LogP contribution in [-0.4, -0.2) is 56.2 Å². The van der Waals surface area contributed by atoms with Crippen molar-refractivity contribution in [3.8, 4) is 11.8 Å². The lowest BCUT2D eigenvalue weighted by Crippen LogP contribution is -2.32. The van der Waals surface area contributed by atoms with E-state index in [0.29, 0.717) is 47.0 Å². The van der Waals surface area contributed by atoms with Crippen molar-refractivity contribution in [1.29, 1.82) is 0 Å². The zero-order valence-corrected chi connectivity index (χ0v) is 19.4. The van der Waals surface area contributed by atoms with E-state index in [9.17, 15) is 18.0 Å². The van der Waals surface area contributed by atoms with E-state index in [1.54, 1.807) is 13.1 Å². The molecule has 35 heavy (non-hydrogen) atoms. The molecule has 0 saturated heterocycles. The number of alkyl halides is 3. The molecule has 4 heterocycles. The fourth-order valence-corrected chi connectivity index (χ4v) is 4.22. The van der Waals surface area contributed by atoms with Gasteiger partial charge in [-0.25, -0.2) is 9.97 Å². The Bertz CT molecular complexity index is 1390. The number of likely N-dealkylation sites (N-methyl/N-ethyl adjacent to an activating group) is 1. The Kier molecular flexibility index (Phi) is 5.59. The van der Waals surface area contributed by atoms with Crippen LogP contribution in [0.15, 0.2) is 12.3 Å². The molecule has 1 aliphatic heterocycles. The van der Waals surface area contributed by atoms with Crippen molar-refractivity contribution in [2.45, 2.75) is 32.6 Å². The summed E-state index contributed by atoms with van der Waals surface area (Å²) >= 11 is 0. The van der Waals surface area contributed by atoms with Gasteiger partial charge in [-0.3, -0.25) is 9.69 Å². The summed E-state index contributed by atoms with van der Waals surface area (Å²) in [6, 6.07) is 1.65. The molecule has 1 fully saturated rings. The van der Waals surface area contributed by atoms with E-state index in [1.165, 1.54) is 10.8 Å². The van der Waals surface area contributed by atoms with Crippen molar-refractivity contribution in [1.82, 2.24) is 29.6 Å². The first kappa shape index (κ1) is 23.0. The Balaban J connectivity index is 1.56. The number of fused-ring (bicyclic) bond motifs is 2. The summed E-state index contributed by atoms with van der Waals surface area (Å²) in [5, 5.41) is 14.6. The van der Waals surface area contributed by atoms with Gasteiger partial charge in [-0.15, -0.1) is 10.2 Å². The first-order valence-corrected chi connectivity index (χ1v) is 11.2. The Morgan fingerprint density at radius 3 is 2.69 bits per heavy atom. The number of anilines is 2. The molecule has 3 aromatic heterocycles. The van der Waals surface area contributed by atoms with Gasteiger partial charge in [0.15, 0.2) is 11.6 Å². The molecule has 0 aromatic carbocycles. The van der Waals surface area contributed by atoms with Crippen LogP contribution in [0.5, 0.6) is 0 Å². The number of amides is 1. The first-order valence-electron chi connectivity index (χ1n) is 11.2. The van der Waals surface area contributed by atoms with Gasteiger partial charge in [0.2, 0.25) is 11.7 Å². The lowest BCUT2D eigenvalue weighted by atomic mass is 10.1.